The summed E-state index contributed by atoms with van der Waals surface area (Å²) < 4.78 is 39.2. The quantitative estimate of drug-likeness (QED) is 0.392. The van der Waals surface area contributed by atoms with E-state index in [1.165, 1.54) is 0 Å². The van der Waals surface area contributed by atoms with Gasteiger partial charge in [0.1, 0.15) is 13.2 Å². The molecule has 0 atom stereocenters. The fraction of sp³-hybridized carbons (Fsp3) is 0.0741. The molecule has 2 N–H and O–H groups in total. The summed E-state index contributed by atoms with van der Waals surface area (Å²) in [6, 6.07) is 27.8. The maximum Gasteiger partial charge on any atom is 0.261 e. The van der Waals surface area contributed by atoms with Crippen LogP contribution in [0, 0.1) is 0 Å². The van der Waals surface area contributed by atoms with E-state index in [1.807, 2.05) is 30.3 Å². The molecule has 0 saturated carbocycles. The van der Waals surface area contributed by atoms with Crippen molar-refractivity contribution < 1.29 is 22.7 Å². The number of amides is 1. The van der Waals surface area contributed by atoms with Gasteiger partial charge in [0.15, 0.2) is 11.5 Å². The molecule has 0 radical (unpaired) electrons. The summed E-state index contributed by atoms with van der Waals surface area (Å²) in [5, 5.41) is 2.81. The van der Waals surface area contributed by atoms with Gasteiger partial charge >= 0.3 is 0 Å². The average molecular weight is 487 g/mol. The third-order valence-corrected chi connectivity index (χ3v) is 6.87. The van der Waals surface area contributed by atoms with Crippen LogP contribution in [0.3, 0.4) is 0 Å². The molecule has 0 aliphatic carbocycles. The first-order valence-corrected chi connectivity index (χ1v) is 12.5. The highest BCUT2D eigenvalue weighted by Gasteiger charge is 2.16. The van der Waals surface area contributed by atoms with Gasteiger partial charge in [0.05, 0.1) is 4.90 Å². The van der Waals surface area contributed by atoms with Gasteiger partial charge in [0, 0.05) is 23.0 Å². The first kappa shape index (κ1) is 22.5. The maximum absolute atomic E-state index is 12.8. The summed E-state index contributed by atoms with van der Waals surface area (Å²) in [6.45, 7) is 0.951. The second-order valence-electron chi connectivity index (χ2n) is 7.89. The Morgan fingerprint density at radius 2 is 1.31 bits per heavy atom. The van der Waals surface area contributed by atoms with Crippen molar-refractivity contribution in [3.63, 3.8) is 0 Å². The molecule has 0 spiro atoms. The third-order valence-electron chi connectivity index (χ3n) is 5.47. The van der Waals surface area contributed by atoms with Crippen molar-refractivity contribution in [1.29, 1.82) is 0 Å². The van der Waals surface area contributed by atoms with E-state index in [1.54, 1.807) is 66.7 Å². The molecule has 1 aliphatic rings. The lowest BCUT2D eigenvalue weighted by Gasteiger charge is -2.19. The lowest BCUT2D eigenvalue weighted by Crippen LogP contribution is -2.16. The molecule has 0 unspecified atom stereocenters. The van der Waals surface area contributed by atoms with E-state index in [9.17, 15) is 13.2 Å². The standard InChI is InChI=1S/C27H22N2O5S/c30-27(28-23-12-15-25-26(18-23)34-17-16-33-25)21-6-10-22(11-7-21)29-35(31,32)24-13-8-20(9-14-24)19-4-2-1-3-5-19/h1-15,18,29H,16-17H2,(H,28,30). The Balaban J connectivity index is 1.25. The van der Waals surface area contributed by atoms with Crippen molar-refractivity contribution in [2.45, 2.75) is 4.90 Å². The summed E-state index contributed by atoms with van der Waals surface area (Å²) in [5.41, 5.74) is 3.25. The topological polar surface area (TPSA) is 93.7 Å². The number of ether oxygens (including phenoxy) is 2. The highest BCUT2D eigenvalue weighted by atomic mass is 32.2. The van der Waals surface area contributed by atoms with Gasteiger partial charge in [0.25, 0.3) is 15.9 Å². The van der Waals surface area contributed by atoms with Gasteiger partial charge in [-0.05, 0) is 59.7 Å². The van der Waals surface area contributed by atoms with Gasteiger partial charge in [-0.15, -0.1) is 0 Å². The van der Waals surface area contributed by atoms with E-state index in [0.29, 0.717) is 41.7 Å². The van der Waals surface area contributed by atoms with E-state index in [-0.39, 0.29) is 10.8 Å². The number of nitrogens with one attached hydrogen (secondary N) is 2. The van der Waals surface area contributed by atoms with E-state index in [2.05, 4.69) is 10.0 Å². The third kappa shape index (κ3) is 5.12. The van der Waals surface area contributed by atoms with Crippen LogP contribution >= 0.6 is 0 Å². The van der Waals surface area contributed by atoms with Crippen LogP contribution in [0.15, 0.2) is 102 Å². The fourth-order valence-corrected chi connectivity index (χ4v) is 4.74. The molecule has 35 heavy (non-hydrogen) atoms. The van der Waals surface area contributed by atoms with Crippen LogP contribution < -0.4 is 19.5 Å². The highest BCUT2D eigenvalue weighted by molar-refractivity contribution is 7.92. The molecule has 1 heterocycles. The van der Waals surface area contributed by atoms with Crippen molar-refractivity contribution in [3.8, 4) is 22.6 Å². The van der Waals surface area contributed by atoms with Crippen molar-refractivity contribution in [2.24, 2.45) is 0 Å². The van der Waals surface area contributed by atoms with Crippen molar-refractivity contribution in [1.82, 2.24) is 0 Å². The molecule has 0 bridgehead atoms. The minimum absolute atomic E-state index is 0.151. The Morgan fingerprint density at radius 3 is 2.03 bits per heavy atom. The number of carbonyl (C=O) groups excluding carboxylic acids is 1. The number of benzene rings is 4. The second-order valence-corrected chi connectivity index (χ2v) is 9.57. The molecule has 4 aromatic rings. The highest BCUT2D eigenvalue weighted by Crippen LogP contribution is 2.32. The van der Waals surface area contributed by atoms with Crippen LogP contribution in [0.1, 0.15) is 10.4 Å². The molecule has 0 aromatic heterocycles. The van der Waals surface area contributed by atoms with E-state index in [4.69, 9.17) is 9.47 Å². The van der Waals surface area contributed by atoms with Crippen LogP contribution in [0.4, 0.5) is 11.4 Å². The van der Waals surface area contributed by atoms with Crippen molar-refractivity contribution >= 4 is 27.3 Å². The average Bonchev–Trinajstić information content (AvgIpc) is 2.89. The smallest absolute Gasteiger partial charge is 0.261 e. The Labute approximate surface area is 203 Å². The molecule has 0 fully saturated rings. The predicted octanol–water partition coefficient (Wildman–Crippen LogP) is 5.18. The Kier molecular flexibility index (Phi) is 6.12. The first-order chi connectivity index (χ1) is 17.0. The zero-order valence-corrected chi connectivity index (χ0v) is 19.4. The van der Waals surface area contributed by atoms with E-state index in [0.717, 1.165) is 11.1 Å². The summed E-state index contributed by atoms with van der Waals surface area (Å²) in [4.78, 5) is 12.8. The fourth-order valence-electron chi connectivity index (χ4n) is 3.69. The van der Waals surface area contributed by atoms with Crippen LogP contribution in [-0.4, -0.2) is 27.5 Å². The number of hydrogen-bond acceptors (Lipinski definition) is 5. The minimum Gasteiger partial charge on any atom is -0.486 e. The molecular weight excluding hydrogens is 464 g/mol. The van der Waals surface area contributed by atoms with Crippen molar-refractivity contribution in [2.75, 3.05) is 23.3 Å². The molecule has 4 aromatic carbocycles. The Morgan fingerprint density at radius 1 is 0.686 bits per heavy atom. The van der Waals surface area contributed by atoms with Gasteiger partial charge in [-0.1, -0.05) is 42.5 Å². The molecule has 176 valence electrons. The van der Waals surface area contributed by atoms with Gasteiger partial charge < -0.3 is 14.8 Å². The molecular formula is C27H22N2O5S. The maximum atomic E-state index is 12.8. The molecule has 8 heteroatoms. The summed E-state index contributed by atoms with van der Waals surface area (Å²) in [6.07, 6.45) is 0. The zero-order valence-electron chi connectivity index (χ0n) is 18.6. The Bertz CT molecular complexity index is 1450. The zero-order chi connectivity index (χ0) is 24.3. The van der Waals surface area contributed by atoms with E-state index < -0.39 is 10.0 Å². The number of carbonyl (C=O) groups is 1. The van der Waals surface area contributed by atoms with Crippen LogP contribution in [0.25, 0.3) is 11.1 Å². The number of anilines is 2. The largest absolute Gasteiger partial charge is 0.486 e. The normalized spacial score (nSPS) is 12.6. The van der Waals surface area contributed by atoms with E-state index >= 15 is 0 Å². The lowest BCUT2D eigenvalue weighted by atomic mass is 10.1. The van der Waals surface area contributed by atoms with Gasteiger partial charge in [0.2, 0.25) is 0 Å². The number of rotatable bonds is 6. The summed E-state index contributed by atoms with van der Waals surface area (Å²) in [7, 11) is -3.78. The van der Waals surface area contributed by atoms with Crippen LogP contribution in [0.5, 0.6) is 11.5 Å². The molecule has 0 saturated heterocycles. The molecule has 5 rings (SSSR count). The van der Waals surface area contributed by atoms with Gasteiger partial charge in [-0.2, -0.15) is 0 Å². The Hall–Kier alpha value is -4.30. The molecule has 1 amide bonds. The monoisotopic (exact) mass is 486 g/mol. The lowest BCUT2D eigenvalue weighted by molar-refractivity contribution is 0.102. The van der Waals surface area contributed by atoms with Gasteiger partial charge in [-0.3, -0.25) is 9.52 Å². The van der Waals surface area contributed by atoms with Crippen LogP contribution in [-0.2, 0) is 10.0 Å². The minimum atomic E-state index is -3.78. The number of hydrogen-bond donors (Lipinski definition) is 2. The number of fused-ring (bicyclic) bond motifs is 1. The predicted molar refractivity (Wildman–Crippen MR) is 135 cm³/mol. The SMILES string of the molecule is O=C(Nc1ccc2c(c1)OCCO2)c1ccc(NS(=O)(=O)c2ccc(-c3ccccc3)cc2)cc1. The van der Waals surface area contributed by atoms with Crippen LogP contribution in [0.2, 0.25) is 0 Å². The van der Waals surface area contributed by atoms with Crippen molar-refractivity contribution in [3.05, 3.63) is 103 Å². The molecule has 7 nitrogen and oxygen atoms in total. The molecule has 1 aliphatic heterocycles. The summed E-state index contributed by atoms with van der Waals surface area (Å²) in [5.74, 6) is 0.892. The summed E-state index contributed by atoms with van der Waals surface area (Å²) >= 11 is 0. The number of sulfonamides is 1. The second kappa shape index (κ2) is 9.52. The van der Waals surface area contributed by atoms with Gasteiger partial charge in [-0.25, -0.2) is 8.42 Å². The first-order valence-electron chi connectivity index (χ1n) is 11.0.